The smallest absolute Gasteiger partial charge is 0.226 e. The van der Waals surface area contributed by atoms with Crippen LogP contribution in [-0.2, 0) is 0 Å². The van der Waals surface area contributed by atoms with Gasteiger partial charge in [-0.2, -0.15) is 9.37 Å². The molecule has 0 aliphatic heterocycles. The Bertz CT molecular complexity index is 350. The van der Waals surface area contributed by atoms with E-state index >= 15 is 0 Å². The SMILES string of the molecule is CC(=O)c1ccc(OC(C)C)nc1F. The summed E-state index contributed by atoms with van der Waals surface area (Å²) >= 11 is 0. The molecular formula is C10H12FNO2. The summed E-state index contributed by atoms with van der Waals surface area (Å²) < 4.78 is 18.3. The van der Waals surface area contributed by atoms with E-state index in [1.165, 1.54) is 19.1 Å². The minimum Gasteiger partial charge on any atom is -0.475 e. The summed E-state index contributed by atoms with van der Waals surface area (Å²) in [7, 11) is 0. The average molecular weight is 197 g/mol. The van der Waals surface area contributed by atoms with Crippen LogP contribution in [-0.4, -0.2) is 16.9 Å². The molecule has 0 radical (unpaired) electrons. The molecule has 1 aromatic heterocycles. The molecule has 0 aliphatic carbocycles. The molecule has 1 heterocycles. The van der Waals surface area contributed by atoms with Crippen molar-refractivity contribution in [2.24, 2.45) is 0 Å². The highest BCUT2D eigenvalue weighted by molar-refractivity contribution is 5.93. The molecule has 14 heavy (non-hydrogen) atoms. The highest BCUT2D eigenvalue weighted by atomic mass is 19.1. The number of nitrogens with zero attached hydrogens (tertiary/aromatic N) is 1. The zero-order chi connectivity index (χ0) is 10.7. The van der Waals surface area contributed by atoms with Crippen LogP contribution in [0.1, 0.15) is 31.1 Å². The molecule has 0 fully saturated rings. The van der Waals surface area contributed by atoms with E-state index in [0.717, 1.165) is 0 Å². The van der Waals surface area contributed by atoms with E-state index in [4.69, 9.17) is 4.74 Å². The van der Waals surface area contributed by atoms with Crippen molar-refractivity contribution in [3.05, 3.63) is 23.6 Å². The number of hydrogen-bond donors (Lipinski definition) is 0. The van der Waals surface area contributed by atoms with Gasteiger partial charge in [0.15, 0.2) is 5.78 Å². The van der Waals surface area contributed by atoms with Gasteiger partial charge in [0.1, 0.15) is 0 Å². The third-order valence-electron chi connectivity index (χ3n) is 1.56. The Hall–Kier alpha value is -1.45. The molecule has 0 aliphatic rings. The molecule has 0 bridgehead atoms. The minimum absolute atomic E-state index is 0.0129. The van der Waals surface area contributed by atoms with Crippen LogP contribution in [0.4, 0.5) is 4.39 Å². The Morgan fingerprint density at radius 2 is 2.14 bits per heavy atom. The summed E-state index contributed by atoms with van der Waals surface area (Å²) in [4.78, 5) is 14.4. The number of ether oxygens (including phenoxy) is 1. The van der Waals surface area contributed by atoms with Gasteiger partial charge in [0, 0.05) is 6.07 Å². The number of pyridine rings is 1. The van der Waals surface area contributed by atoms with Crippen LogP contribution in [0, 0.1) is 5.95 Å². The van der Waals surface area contributed by atoms with Crippen molar-refractivity contribution in [3.8, 4) is 5.88 Å². The molecular weight excluding hydrogens is 185 g/mol. The topological polar surface area (TPSA) is 39.2 Å². The highest BCUT2D eigenvalue weighted by Crippen LogP contribution is 2.13. The van der Waals surface area contributed by atoms with Gasteiger partial charge in [0.2, 0.25) is 11.8 Å². The third-order valence-corrected chi connectivity index (χ3v) is 1.56. The fourth-order valence-corrected chi connectivity index (χ4v) is 0.987. The van der Waals surface area contributed by atoms with Gasteiger partial charge in [-0.05, 0) is 26.8 Å². The second-order valence-electron chi connectivity index (χ2n) is 3.21. The quantitative estimate of drug-likeness (QED) is 0.551. The standard InChI is InChI=1S/C10H12FNO2/c1-6(2)14-9-5-4-8(7(3)13)10(11)12-9/h4-6H,1-3H3. The van der Waals surface area contributed by atoms with Crippen LogP contribution < -0.4 is 4.74 Å². The van der Waals surface area contributed by atoms with E-state index in [1.54, 1.807) is 0 Å². The summed E-state index contributed by atoms with van der Waals surface area (Å²) in [6.07, 6.45) is -0.0647. The van der Waals surface area contributed by atoms with Crippen molar-refractivity contribution in [2.45, 2.75) is 26.9 Å². The first-order valence-corrected chi connectivity index (χ1v) is 4.35. The van der Waals surface area contributed by atoms with Gasteiger partial charge in [-0.25, -0.2) is 0 Å². The Balaban J connectivity index is 2.94. The number of carbonyl (C=O) groups is 1. The molecule has 1 aromatic rings. The largest absolute Gasteiger partial charge is 0.475 e. The van der Waals surface area contributed by atoms with Crippen LogP contribution in [0.15, 0.2) is 12.1 Å². The van der Waals surface area contributed by atoms with Crippen LogP contribution in [0.3, 0.4) is 0 Å². The first kappa shape index (κ1) is 10.6. The highest BCUT2D eigenvalue weighted by Gasteiger charge is 2.10. The van der Waals surface area contributed by atoms with Gasteiger partial charge < -0.3 is 4.74 Å². The summed E-state index contributed by atoms with van der Waals surface area (Å²) in [5.74, 6) is -0.927. The van der Waals surface area contributed by atoms with Crippen LogP contribution >= 0.6 is 0 Å². The van der Waals surface area contributed by atoms with Crippen molar-refractivity contribution >= 4 is 5.78 Å². The van der Waals surface area contributed by atoms with E-state index in [9.17, 15) is 9.18 Å². The Kier molecular flexibility index (Phi) is 3.17. The van der Waals surface area contributed by atoms with Crippen molar-refractivity contribution in [1.29, 1.82) is 0 Å². The first-order chi connectivity index (χ1) is 6.50. The van der Waals surface area contributed by atoms with E-state index in [2.05, 4.69) is 4.98 Å². The number of carbonyl (C=O) groups excluding carboxylic acids is 1. The van der Waals surface area contributed by atoms with Crippen molar-refractivity contribution in [2.75, 3.05) is 0 Å². The maximum absolute atomic E-state index is 13.1. The van der Waals surface area contributed by atoms with Crippen LogP contribution in [0.25, 0.3) is 0 Å². The summed E-state index contributed by atoms with van der Waals surface area (Å²) in [6.45, 7) is 4.93. The summed E-state index contributed by atoms with van der Waals surface area (Å²) in [5.41, 5.74) is -0.0129. The number of aromatic nitrogens is 1. The number of hydrogen-bond acceptors (Lipinski definition) is 3. The van der Waals surface area contributed by atoms with Gasteiger partial charge >= 0.3 is 0 Å². The zero-order valence-corrected chi connectivity index (χ0v) is 8.37. The van der Waals surface area contributed by atoms with E-state index in [0.29, 0.717) is 0 Å². The van der Waals surface area contributed by atoms with E-state index < -0.39 is 5.95 Å². The normalized spacial score (nSPS) is 10.4. The van der Waals surface area contributed by atoms with Crippen molar-refractivity contribution < 1.29 is 13.9 Å². The summed E-state index contributed by atoms with van der Waals surface area (Å²) in [5, 5.41) is 0. The fourth-order valence-electron chi connectivity index (χ4n) is 0.987. The van der Waals surface area contributed by atoms with Crippen LogP contribution in [0.5, 0.6) is 5.88 Å². The Morgan fingerprint density at radius 3 is 2.57 bits per heavy atom. The van der Waals surface area contributed by atoms with Gasteiger partial charge in [0.25, 0.3) is 0 Å². The lowest BCUT2D eigenvalue weighted by Crippen LogP contribution is -2.09. The molecule has 0 N–H and O–H groups in total. The van der Waals surface area contributed by atoms with Crippen LogP contribution in [0.2, 0.25) is 0 Å². The summed E-state index contributed by atoms with van der Waals surface area (Å²) in [6, 6.07) is 2.86. The number of ketones is 1. The van der Waals surface area contributed by atoms with Crippen molar-refractivity contribution in [3.63, 3.8) is 0 Å². The van der Waals surface area contributed by atoms with E-state index in [-0.39, 0.29) is 23.3 Å². The lowest BCUT2D eigenvalue weighted by atomic mass is 10.2. The Morgan fingerprint density at radius 1 is 1.50 bits per heavy atom. The Labute approximate surface area is 81.9 Å². The first-order valence-electron chi connectivity index (χ1n) is 4.35. The fraction of sp³-hybridized carbons (Fsp3) is 0.400. The molecule has 1 rings (SSSR count). The van der Waals surface area contributed by atoms with Gasteiger partial charge in [-0.3, -0.25) is 4.79 Å². The second-order valence-corrected chi connectivity index (χ2v) is 3.21. The van der Waals surface area contributed by atoms with Gasteiger partial charge in [-0.1, -0.05) is 0 Å². The van der Waals surface area contributed by atoms with Gasteiger partial charge in [0.05, 0.1) is 11.7 Å². The lowest BCUT2D eigenvalue weighted by Gasteiger charge is -2.08. The predicted octanol–water partition coefficient (Wildman–Crippen LogP) is 2.21. The zero-order valence-electron chi connectivity index (χ0n) is 8.37. The molecule has 0 unspecified atom stereocenters. The molecule has 0 atom stereocenters. The molecule has 0 saturated heterocycles. The molecule has 0 amide bonds. The maximum atomic E-state index is 13.1. The maximum Gasteiger partial charge on any atom is 0.226 e. The molecule has 0 spiro atoms. The number of halogens is 1. The lowest BCUT2D eigenvalue weighted by molar-refractivity contribution is 0.101. The average Bonchev–Trinajstić information content (AvgIpc) is 2.01. The molecule has 76 valence electrons. The van der Waals surface area contributed by atoms with E-state index in [1.807, 2.05) is 13.8 Å². The minimum atomic E-state index is -0.782. The van der Waals surface area contributed by atoms with Crippen molar-refractivity contribution in [1.82, 2.24) is 4.98 Å². The monoisotopic (exact) mass is 197 g/mol. The van der Waals surface area contributed by atoms with Gasteiger partial charge in [-0.15, -0.1) is 0 Å². The second kappa shape index (κ2) is 4.17. The number of rotatable bonds is 3. The molecule has 4 heteroatoms. The molecule has 0 aromatic carbocycles. The predicted molar refractivity (Wildman–Crippen MR) is 50.0 cm³/mol. The molecule has 3 nitrogen and oxygen atoms in total. The third kappa shape index (κ3) is 2.52. The molecule has 0 saturated carbocycles. The number of Topliss-reactive ketones (excluding diaryl/α,β-unsaturated/α-hetero) is 1.